The van der Waals surface area contributed by atoms with Crippen molar-refractivity contribution in [1.29, 1.82) is 0 Å². The summed E-state index contributed by atoms with van der Waals surface area (Å²) in [7, 11) is 0. The van der Waals surface area contributed by atoms with E-state index in [1.165, 1.54) is 30.0 Å². The zero-order valence-electron chi connectivity index (χ0n) is 10.8. The molecule has 1 aliphatic rings. The molecule has 1 aromatic rings. The van der Waals surface area contributed by atoms with Crippen molar-refractivity contribution in [2.24, 2.45) is 0 Å². The standard InChI is InChI=1S/C14H22N2S/c1-3-14(16-10-8-15-9-11-16)12-4-6-13(17-2)7-5-12/h4-7,14-15H,3,8-11H2,1-2H3/t14-/m0/s1. The molecule has 0 aliphatic carbocycles. The average molecular weight is 250 g/mol. The normalized spacial score (nSPS) is 19.2. The van der Waals surface area contributed by atoms with Gasteiger partial charge in [-0.3, -0.25) is 4.90 Å². The number of piperazine rings is 1. The molecule has 0 bridgehead atoms. The van der Waals surface area contributed by atoms with Crippen LogP contribution in [-0.2, 0) is 0 Å². The predicted octanol–water partition coefficient (Wildman–Crippen LogP) is 2.76. The summed E-state index contributed by atoms with van der Waals surface area (Å²) in [6.07, 6.45) is 3.32. The van der Waals surface area contributed by atoms with Gasteiger partial charge < -0.3 is 5.32 Å². The van der Waals surface area contributed by atoms with Gasteiger partial charge in [0.2, 0.25) is 0 Å². The number of nitrogens with zero attached hydrogens (tertiary/aromatic N) is 1. The number of rotatable bonds is 4. The first-order chi connectivity index (χ1) is 8.35. The molecule has 1 aliphatic heterocycles. The van der Waals surface area contributed by atoms with E-state index >= 15 is 0 Å². The first-order valence-electron chi connectivity index (χ1n) is 6.44. The summed E-state index contributed by atoms with van der Waals surface area (Å²) < 4.78 is 0. The highest BCUT2D eigenvalue weighted by Gasteiger charge is 2.20. The largest absolute Gasteiger partial charge is 0.314 e. The van der Waals surface area contributed by atoms with Crippen LogP contribution in [0.5, 0.6) is 0 Å². The van der Waals surface area contributed by atoms with Crippen LogP contribution in [0.4, 0.5) is 0 Å². The lowest BCUT2D eigenvalue weighted by atomic mass is 10.0. The number of hydrogen-bond donors (Lipinski definition) is 1. The van der Waals surface area contributed by atoms with Gasteiger partial charge in [0, 0.05) is 37.1 Å². The quantitative estimate of drug-likeness (QED) is 0.827. The maximum atomic E-state index is 3.42. The molecule has 1 atom stereocenters. The molecule has 1 aromatic carbocycles. The van der Waals surface area contributed by atoms with E-state index in [1.54, 1.807) is 0 Å². The van der Waals surface area contributed by atoms with E-state index in [-0.39, 0.29) is 0 Å². The Morgan fingerprint density at radius 1 is 1.24 bits per heavy atom. The van der Waals surface area contributed by atoms with Gasteiger partial charge in [-0.15, -0.1) is 11.8 Å². The van der Waals surface area contributed by atoms with Crippen LogP contribution in [0.2, 0.25) is 0 Å². The van der Waals surface area contributed by atoms with E-state index in [9.17, 15) is 0 Å². The van der Waals surface area contributed by atoms with Crippen LogP contribution in [0.1, 0.15) is 24.9 Å². The van der Waals surface area contributed by atoms with Gasteiger partial charge >= 0.3 is 0 Å². The lowest BCUT2D eigenvalue weighted by molar-refractivity contribution is 0.169. The molecule has 2 nitrogen and oxygen atoms in total. The Hall–Kier alpha value is -0.510. The molecule has 0 aromatic heterocycles. The van der Waals surface area contributed by atoms with Crippen molar-refractivity contribution in [3.8, 4) is 0 Å². The fraction of sp³-hybridized carbons (Fsp3) is 0.571. The second kappa shape index (κ2) is 6.43. The van der Waals surface area contributed by atoms with E-state index in [2.05, 4.69) is 47.7 Å². The summed E-state index contributed by atoms with van der Waals surface area (Å²) >= 11 is 1.81. The smallest absolute Gasteiger partial charge is 0.0346 e. The van der Waals surface area contributed by atoms with Gasteiger partial charge in [0.25, 0.3) is 0 Å². The van der Waals surface area contributed by atoms with Crippen LogP contribution in [-0.4, -0.2) is 37.3 Å². The summed E-state index contributed by atoms with van der Waals surface area (Å²) in [6, 6.07) is 9.66. The summed E-state index contributed by atoms with van der Waals surface area (Å²) in [5, 5.41) is 3.42. The first kappa shape index (κ1) is 12.9. The summed E-state index contributed by atoms with van der Waals surface area (Å²) in [5.41, 5.74) is 1.47. The average Bonchev–Trinajstić information content (AvgIpc) is 2.42. The first-order valence-corrected chi connectivity index (χ1v) is 7.66. The van der Waals surface area contributed by atoms with Gasteiger partial charge in [-0.1, -0.05) is 19.1 Å². The molecular weight excluding hydrogens is 228 g/mol. The zero-order chi connectivity index (χ0) is 12.1. The minimum absolute atomic E-state index is 0.591. The number of thioether (sulfide) groups is 1. The second-order valence-corrected chi connectivity index (χ2v) is 5.36. The van der Waals surface area contributed by atoms with Gasteiger partial charge in [0.05, 0.1) is 0 Å². The fourth-order valence-corrected chi connectivity index (χ4v) is 2.93. The van der Waals surface area contributed by atoms with Crippen molar-refractivity contribution in [2.45, 2.75) is 24.3 Å². The van der Waals surface area contributed by atoms with Gasteiger partial charge in [-0.05, 0) is 30.4 Å². The van der Waals surface area contributed by atoms with Crippen molar-refractivity contribution in [2.75, 3.05) is 32.4 Å². The fourth-order valence-electron chi connectivity index (χ4n) is 2.52. The van der Waals surface area contributed by atoms with Gasteiger partial charge in [0.1, 0.15) is 0 Å². The highest BCUT2D eigenvalue weighted by molar-refractivity contribution is 7.98. The van der Waals surface area contributed by atoms with Gasteiger partial charge in [-0.25, -0.2) is 0 Å². The Kier molecular flexibility index (Phi) is 4.89. The maximum Gasteiger partial charge on any atom is 0.0346 e. The minimum atomic E-state index is 0.591. The Bertz CT molecular complexity index is 331. The Labute approximate surface area is 109 Å². The van der Waals surface area contributed by atoms with E-state index in [1.807, 2.05) is 11.8 Å². The molecule has 3 heteroatoms. The van der Waals surface area contributed by atoms with Gasteiger partial charge in [0.15, 0.2) is 0 Å². The zero-order valence-corrected chi connectivity index (χ0v) is 11.6. The molecule has 0 saturated carbocycles. The van der Waals surface area contributed by atoms with E-state index in [0.717, 1.165) is 13.1 Å². The molecule has 1 N–H and O–H groups in total. The van der Waals surface area contributed by atoms with Crippen molar-refractivity contribution < 1.29 is 0 Å². The summed E-state index contributed by atoms with van der Waals surface area (Å²) in [4.78, 5) is 3.95. The molecule has 94 valence electrons. The highest BCUT2D eigenvalue weighted by atomic mass is 32.2. The molecule has 2 rings (SSSR count). The maximum absolute atomic E-state index is 3.42. The predicted molar refractivity (Wildman–Crippen MR) is 75.7 cm³/mol. The Balaban J connectivity index is 2.10. The Morgan fingerprint density at radius 2 is 1.88 bits per heavy atom. The van der Waals surface area contributed by atoms with Crippen molar-refractivity contribution in [1.82, 2.24) is 10.2 Å². The second-order valence-electron chi connectivity index (χ2n) is 4.48. The SMILES string of the molecule is CC[C@@H](c1ccc(SC)cc1)N1CCNCC1. The molecule has 17 heavy (non-hydrogen) atoms. The van der Waals surface area contributed by atoms with Crippen molar-refractivity contribution >= 4 is 11.8 Å². The summed E-state index contributed by atoms with van der Waals surface area (Å²) in [6.45, 7) is 6.87. The molecule has 1 saturated heterocycles. The molecule has 0 amide bonds. The number of hydrogen-bond acceptors (Lipinski definition) is 3. The third-order valence-electron chi connectivity index (χ3n) is 3.48. The third-order valence-corrected chi connectivity index (χ3v) is 4.22. The molecule has 0 radical (unpaired) electrons. The van der Waals surface area contributed by atoms with E-state index in [0.29, 0.717) is 6.04 Å². The monoisotopic (exact) mass is 250 g/mol. The van der Waals surface area contributed by atoms with Crippen LogP contribution in [0.25, 0.3) is 0 Å². The number of nitrogens with one attached hydrogen (secondary N) is 1. The molecule has 0 unspecified atom stereocenters. The highest BCUT2D eigenvalue weighted by Crippen LogP contribution is 2.26. The van der Waals surface area contributed by atoms with Crippen LogP contribution < -0.4 is 5.32 Å². The van der Waals surface area contributed by atoms with Crippen molar-refractivity contribution in [3.63, 3.8) is 0 Å². The number of benzene rings is 1. The van der Waals surface area contributed by atoms with E-state index < -0.39 is 0 Å². The van der Waals surface area contributed by atoms with Gasteiger partial charge in [-0.2, -0.15) is 0 Å². The van der Waals surface area contributed by atoms with Crippen molar-refractivity contribution in [3.05, 3.63) is 29.8 Å². The van der Waals surface area contributed by atoms with Crippen LogP contribution in [0.15, 0.2) is 29.2 Å². The van der Waals surface area contributed by atoms with Crippen LogP contribution in [0.3, 0.4) is 0 Å². The van der Waals surface area contributed by atoms with E-state index in [4.69, 9.17) is 0 Å². The molecular formula is C14H22N2S. The lowest BCUT2D eigenvalue weighted by Crippen LogP contribution is -2.45. The molecule has 0 spiro atoms. The topological polar surface area (TPSA) is 15.3 Å². The Morgan fingerprint density at radius 3 is 2.41 bits per heavy atom. The van der Waals surface area contributed by atoms with Crippen LogP contribution in [0, 0.1) is 0 Å². The van der Waals surface area contributed by atoms with Crippen LogP contribution >= 0.6 is 11.8 Å². The summed E-state index contributed by atoms with van der Waals surface area (Å²) in [5.74, 6) is 0. The molecule has 1 heterocycles. The molecule has 1 fully saturated rings. The lowest BCUT2D eigenvalue weighted by Gasteiger charge is -2.34. The minimum Gasteiger partial charge on any atom is -0.314 e. The third kappa shape index (κ3) is 3.24.